The molecule has 0 aliphatic heterocycles. The zero-order valence-corrected chi connectivity index (χ0v) is 10.6. The molecule has 1 aromatic heterocycles. The first-order valence-corrected chi connectivity index (χ1v) is 5.85. The highest BCUT2D eigenvalue weighted by Gasteiger charge is 2.11. The summed E-state index contributed by atoms with van der Waals surface area (Å²) >= 11 is 12.0. The standard InChI is InChI=1S/C13H7Cl2FN2/c14-8-1-3-11(15)10(7-8)9-2-4-13(16)18-12(9)5-6-17/h1-4,7H,5H2. The van der Waals surface area contributed by atoms with Gasteiger partial charge in [-0.05, 0) is 30.3 Å². The predicted molar refractivity (Wildman–Crippen MR) is 69.0 cm³/mol. The highest BCUT2D eigenvalue weighted by atomic mass is 35.5. The largest absolute Gasteiger partial charge is 0.223 e. The van der Waals surface area contributed by atoms with Crippen LogP contribution >= 0.6 is 23.2 Å². The minimum Gasteiger partial charge on any atom is -0.223 e. The molecular weight excluding hydrogens is 274 g/mol. The van der Waals surface area contributed by atoms with Gasteiger partial charge < -0.3 is 0 Å². The van der Waals surface area contributed by atoms with Crippen LogP contribution in [0.4, 0.5) is 4.39 Å². The topological polar surface area (TPSA) is 36.7 Å². The van der Waals surface area contributed by atoms with Crippen LogP contribution in [0.5, 0.6) is 0 Å². The van der Waals surface area contributed by atoms with Gasteiger partial charge in [0, 0.05) is 21.2 Å². The summed E-state index contributed by atoms with van der Waals surface area (Å²) in [5, 5.41) is 9.73. The first kappa shape index (κ1) is 12.8. The van der Waals surface area contributed by atoms with Gasteiger partial charge in [-0.3, -0.25) is 0 Å². The van der Waals surface area contributed by atoms with Gasteiger partial charge in [0.2, 0.25) is 5.95 Å². The summed E-state index contributed by atoms with van der Waals surface area (Å²) in [6, 6.07) is 9.71. The van der Waals surface area contributed by atoms with Crippen LogP contribution in [0, 0.1) is 17.3 Å². The predicted octanol–water partition coefficient (Wildman–Crippen LogP) is 4.26. The molecule has 0 aliphatic rings. The first-order valence-electron chi connectivity index (χ1n) is 5.09. The summed E-state index contributed by atoms with van der Waals surface area (Å²) < 4.78 is 13.1. The van der Waals surface area contributed by atoms with E-state index in [4.69, 9.17) is 28.5 Å². The Morgan fingerprint density at radius 2 is 1.94 bits per heavy atom. The van der Waals surface area contributed by atoms with Crippen LogP contribution in [0.25, 0.3) is 11.1 Å². The molecule has 2 aromatic rings. The summed E-state index contributed by atoms with van der Waals surface area (Å²) in [7, 11) is 0. The Hall–Kier alpha value is -1.63. The molecule has 0 N–H and O–H groups in total. The van der Waals surface area contributed by atoms with Crippen molar-refractivity contribution in [2.24, 2.45) is 0 Å². The van der Waals surface area contributed by atoms with E-state index in [1.807, 2.05) is 6.07 Å². The Labute approximate surface area is 114 Å². The van der Waals surface area contributed by atoms with Gasteiger partial charge in [0.1, 0.15) is 0 Å². The van der Waals surface area contributed by atoms with E-state index in [1.54, 1.807) is 24.3 Å². The monoisotopic (exact) mass is 280 g/mol. The van der Waals surface area contributed by atoms with Crippen molar-refractivity contribution in [3.8, 4) is 17.2 Å². The van der Waals surface area contributed by atoms with Crippen molar-refractivity contribution < 1.29 is 4.39 Å². The lowest BCUT2D eigenvalue weighted by Gasteiger charge is -2.08. The molecule has 0 spiro atoms. The van der Waals surface area contributed by atoms with Gasteiger partial charge >= 0.3 is 0 Å². The quantitative estimate of drug-likeness (QED) is 0.771. The maximum Gasteiger partial charge on any atom is 0.213 e. The highest BCUT2D eigenvalue weighted by Crippen LogP contribution is 2.32. The number of pyridine rings is 1. The second kappa shape index (κ2) is 5.34. The van der Waals surface area contributed by atoms with E-state index in [1.165, 1.54) is 6.07 Å². The maximum atomic E-state index is 13.1. The fourth-order valence-electron chi connectivity index (χ4n) is 1.63. The molecule has 0 saturated carbocycles. The number of benzene rings is 1. The van der Waals surface area contributed by atoms with E-state index in [0.29, 0.717) is 26.9 Å². The van der Waals surface area contributed by atoms with E-state index < -0.39 is 5.95 Å². The third-order valence-corrected chi connectivity index (χ3v) is 2.97. The van der Waals surface area contributed by atoms with Gasteiger partial charge in [0.05, 0.1) is 18.2 Å². The number of hydrogen-bond donors (Lipinski definition) is 0. The van der Waals surface area contributed by atoms with E-state index >= 15 is 0 Å². The molecule has 18 heavy (non-hydrogen) atoms. The molecule has 0 saturated heterocycles. The Morgan fingerprint density at radius 3 is 2.67 bits per heavy atom. The molecule has 0 aliphatic carbocycles. The lowest BCUT2D eigenvalue weighted by atomic mass is 10.0. The SMILES string of the molecule is N#CCc1nc(F)ccc1-c1cc(Cl)ccc1Cl. The zero-order chi connectivity index (χ0) is 13.1. The Bertz CT molecular complexity index is 635. The number of nitriles is 1. The molecule has 0 fully saturated rings. The molecule has 5 heteroatoms. The fraction of sp³-hybridized carbons (Fsp3) is 0.0769. The zero-order valence-electron chi connectivity index (χ0n) is 9.12. The smallest absolute Gasteiger partial charge is 0.213 e. The van der Waals surface area contributed by atoms with Gasteiger partial charge in [-0.2, -0.15) is 9.65 Å². The van der Waals surface area contributed by atoms with Crippen molar-refractivity contribution >= 4 is 23.2 Å². The molecule has 0 unspecified atom stereocenters. The molecule has 0 radical (unpaired) electrons. The molecule has 1 aromatic carbocycles. The number of aromatic nitrogens is 1. The second-order valence-corrected chi connectivity index (χ2v) is 4.43. The summed E-state index contributed by atoms with van der Waals surface area (Å²) in [6.45, 7) is 0. The fourth-order valence-corrected chi connectivity index (χ4v) is 2.02. The van der Waals surface area contributed by atoms with Crippen molar-refractivity contribution in [1.29, 1.82) is 5.26 Å². The van der Waals surface area contributed by atoms with Gasteiger partial charge in [-0.1, -0.05) is 23.2 Å². The molecule has 0 amide bonds. The average Bonchev–Trinajstić information content (AvgIpc) is 2.33. The van der Waals surface area contributed by atoms with Crippen LogP contribution < -0.4 is 0 Å². The average molecular weight is 281 g/mol. The van der Waals surface area contributed by atoms with Crippen molar-refractivity contribution in [3.05, 3.63) is 52.0 Å². The van der Waals surface area contributed by atoms with E-state index in [-0.39, 0.29) is 6.42 Å². The minimum atomic E-state index is -0.623. The molecule has 2 rings (SSSR count). The van der Waals surface area contributed by atoms with Crippen LogP contribution in [0.2, 0.25) is 10.0 Å². The lowest BCUT2D eigenvalue weighted by Crippen LogP contribution is -1.96. The van der Waals surface area contributed by atoms with E-state index in [2.05, 4.69) is 4.98 Å². The lowest BCUT2D eigenvalue weighted by molar-refractivity contribution is 0.579. The Balaban J connectivity index is 2.63. The number of nitrogens with zero attached hydrogens (tertiary/aromatic N) is 2. The van der Waals surface area contributed by atoms with Gasteiger partial charge in [0.25, 0.3) is 0 Å². The summed E-state index contributed by atoms with van der Waals surface area (Å²) in [5.41, 5.74) is 1.61. The molecule has 0 bridgehead atoms. The van der Waals surface area contributed by atoms with Gasteiger partial charge in [-0.25, -0.2) is 4.98 Å². The minimum absolute atomic E-state index is 0.00986. The van der Waals surface area contributed by atoms with Crippen molar-refractivity contribution in [1.82, 2.24) is 4.98 Å². The Morgan fingerprint density at radius 1 is 1.17 bits per heavy atom. The van der Waals surface area contributed by atoms with Crippen LogP contribution in [-0.4, -0.2) is 4.98 Å². The van der Waals surface area contributed by atoms with Crippen LogP contribution in [0.15, 0.2) is 30.3 Å². The van der Waals surface area contributed by atoms with Gasteiger partial charge in [-0.15, -0.1) is 0 Å². The number of rotatable bonds is 2. The molecule has 1 heterocycles. The molecular formula is C13H7Cl2FN2. The van der Waals surface area contributed by atoms with E-state index in [0.717, 1.165) is 0 Å². The maximum absolute atomic E-state index is 13.1. The van der Waals surface area contributed by atoms with Gasteiger partial charge in [0.15, 0.2) is 0 Å². The van der Waals surface area contributed by atoms with Crippen molar-refractivity contribution in [2.75, 3.05) is 0 Å². The molecule has 2 nitrogen and oxygen atoms in total. The van der Waals surface area contributed by atoms with E-state index in [9.17, 15) is 4.39 Å². The third kappa shape index (κ3) is 2.61. The van der Waals surface area contributed by atoms with Crippen LogP contribution in [0.1, 0.15) is 5.69 Å². The molecule has 0 atom stereocenters. The van der Waals surface area contributed by atoms with Crippen LogP contribution in [-0.2, 0) is 6.42 Å². The van der Waals surface area contributed by atoms with Crippen molar-refractivity contribution in [3.63, 3.8) is 0 Å². The summed E-state index contributed by atoms with van der Waals surface area (Å²) in [4.78, 5) is 3.72. The highest BCUT2D eigenvalue weighted by molar-refractivity contribution is 6.35. The summed E-state index contributed by atoms with van der Waals surface area (Å²) in [6.07, 6.45) is 0.00986. The van der Waals surface area contributed by atoms with Crippen LogP contribution in [0.3, 0.4) is 0 Å². The normalized spacial score (nSPS) is 10.1. The number of halogens is 3. The summed E-state index contributed by atoms with van der Waals surface area (Å²) in [5.74, 6) is -0.623. The Kier molecular flexibility index (Phi) is 3.81. The van der Waals surface area contributed by atoms with Crippen molar-refractivity contribution in [2.45, 2.75) is 6.42 Å². The molecule has 90 valence electrons. The first-order chi connectivity index (χ1) is 8.61. The number of hydrogen-bond acceptors (Lipinski definition) is 2. The third-order valence-electron chi connectivity index (χ3n) is 2.41. The second-order valence-electron chi connectivity index (χ2n) is 3.59.